The molecule has 282 valence electrons. The summed E-state index contributed by atoms with van der Waals surface area (Å²) in [7, 11) is 1.34. The first-order valence-electron chi connectivity index (χ1n) is 18.1. The maximum absolute atomic E-state index is 14.7. The molecule has 0 aromatic heterocycles. The fourth-order valence-electron chi connectivity index (χ4n) is 9.48. The molecule has 4 bridgehead atoms. The number of phenols is 1. The van der Waals surface area contributed by atoms with Gasteiger partial charge in [-0.15, -0.1) is 0 Å². The second-order valence-electron chi connectivity index (χ2n) is 15.2. The minimum atomic E-state index is -1.04. The maximum Gasteiger partial charge on any atom is 0.312 e. The lowest BCUT2D eigenvalue weighted by Gasteiger charge is -2.63. The quantitative estimate of drug-likeness (QED) is 0.139. The number of carbonyl (C=O) groups is 5. The van der Waals surface area contributed by atoms with E-state index in [-0.39, 0.29) is 36.2 Å². The zero-order chi connectivity index (χ0) is 37.8. The summed E-state index contributed by atoms with van der Waals surface area (Å²) in [5.41, 5.74) is 14.7. The lowest BCUT2D eigenvalue weighted by atomic mass is 9.41. The Balaban J connectivity index is 1.28. The molecule has 0 heterocycles. The van der Waals surface area contributed by atoms with Crippen LogP contribution in [0.15, 0.2) is 42.5 Å². The van der Waals surface area contributed by atoms with E-state index in [4.69, 9.17) is 16.2 Å². The van der Waals surface area contributed by atoms with Crippen molar-refractivity contribution >= 4 is 41.2 Å². The molecular weight excluding hydrogens is 683 g/mol. The van der Waals surface area contributed by atoms with Crippen molar-refractivity contribution < 1.29 is 33.8 Å². The molecule has 4 fully saturated rings. The summed E-state index contributed by atoms with van der Waals surface area (Å²) in [5, 5.41) is 18.1. The number of hydrogen-bond donors (Lipinski definition) is 6. The Morgan fingerprint density at radius 2 is 1.58 bits per heavy atom. The number of methoxy groups -OCH3 is 1. The van der Waals surface area contributed by atoms with Crippen molar-refractivity contribution in [1.82, 2.24) is 16.0 Å². The average Bonchev–Trinajstić information content (AvgIpc) is 3.09. The number of aryl methyl sites for hydroxylation is 2. The Bertz CT molecular complexity index is 1630. The van der Waals surface area contributed by atoms with Crippen LogP contribution in [-0.2, 0) is 41.6 Å². The molecule has 4 saturated carbocycles. The van der Waals surface area contributed by atoms with Gasteiger partial charge in [0.2, 0.25) is 17.7 Å². The maximum atomic E-state index is 14.7. The monoisotopic (exact) mass is 735 g/mol. The number of Topliss-reactive ketones (excluding diaryl/α,β-unsaturated/α-hetero) is 1. The summed E-state index contributed by atoms with van der Waals surface area (Å²) in [6, 6.07) is 9.61. The van der Waals surface area contributed by atoms with Crippen LogP contribution < -0.4 is 27.4 Å². The Morgan fingerprint density at radius 1 is 0.942 bits per heavy atom. The van der Waals surface area contributed by atoms with E-state index in [2.05, 4.69) is 16.0 Å². The van der Waals surface area contributed by atoms with Gasteiger partial charge in [-0.1, -0.05) is 30.3 Å². The molecular formula is C39H53N5O7S. The average molecular weight is 736 g/mol. The Morgan fingerprint density at radius 3 is 2.17 bits per heavy atom. The zero-order valence-electron chi connectivity index (χ0n) is 30.5. The summed E-state index contributed by atoms with van der Waals surface area (Å²) in [6.45, 7) is 3.23. The normalized spacial score (nSPS) is 26.2. The van der Waals surface area contributed by atoms with Crippen molar-refractivity contribution in [2.45, 2.75) is 88.9 Å². The molecule has 0 saturated heterocycles. The van der Waals surface area contributed by atoms with Crippen molar-refractivity contribution in [2.24, 2.45) is 34.6 Å². The fraction of sp³-hybridized carbons (Fsp3) is 0.564. The molecule has 3 unspecified atom stereocenters. The van der Waals surface area contributed by atoms with Gasteiger partial charge in [-0.25, -0.2) is 0 Å². The zero-order valence-corrected chi connectivity index (χ0v) is 31.4. The van der Waals surface area contributed by atoms with Crippen LogP contribution in [0.25, 0.3) is 0 Å². The minimum absolute atomic E-state index is 0.131. The number of benzene rings is 2. The van der Waals surface area contributed by atoms with Gasteiger partial charge in [-0.2, -0.15) is 11.8 Å². The van der Waals surface area contributed by atoms with E-state index < -0.39 is 65.2 Å². The second-order valence-corrected chi connectivity index (χ2v) is 16.2. The molecule has 4 aliphatic rings. The van der Waals surface area contributed by atoms with Gasteiger partial charge in [0.1, 0.15) is 11.8 Å². The van der Waals surface area contributed by atoms with Crippen molar-refractivity contribution in [1.29, 1.82) is 0 Å². The number of carbonyl (C=O) groups excluding carboxylic acids is 5. The van der Waals surface area contributed by atoms with E-state index in [1.807, 2.05) is 50.4 Å². The molecule has 2 aromatic carbocycles. The standard InChI is InChI=1S/C39H53N5O7S/c1-22-12-27(45)13-23(2)28(22)16-29(40)35(48)44-30(10-11-52-4)36(49)42-21-32(46)43-31(15-24-8-6-5-7-9-24)33(47)34-38(37(50)51-3)17-25-14-26(18-38)20-39(34,41)19-25/h5-9,12-13,25-26,29-31,34,45H,10-11,14-21,40-41H2,1-4H3,(H,42,49)(H,43,46)(H,44,48)/t25?,26?,29-,30+,31-,34?,38?,39?/m0/s1. The van der Waals surface area contributed by atoms with Crippen molar-refractivity contribution in [3.63, 3.8) is 0 Å². The Hall–Kier alpha value is -3.94. The van der Waals surface area contributed by atoms with Crippen molar-refractivity contribution in [2.75, 3.05) is 25.7 Å². The lowest BCUT2D eigenvalue weighted by Crippen LogP contribution is -2.72. The van der Waals surface area contributed by atoms with Gasteiger partial charge in [0.25, 0.3) is 0 Å². The summed E-state index contributed by atoms with van der Waals surface area (Å²) >= 11 is 1.51. The molecule has 8 N–H and O–H groups in total. The number of thioether (sulfide) groups is 1. The van der Waals surface area contributed by atoms with E-state index in [1.54, 1.807) is 12.1 Å². The number of esters is 1. The van der Waals surface area contributed by atoms with Gasteiger partial charge in [-0.05, 0) is 123 Å². The lowest BCUT2D eigenvalue weighted by molar-refractivity contribution is -0.188. The predicted octanol–water partition coefficient (Wildman–Crippen LogP) is 2.23. The van der Waals surface area contributed by atoms with Crippen LogP contribution in [0.1, 0.15) is 60.8 Å². The molecule has 4 aliphatic carbocycles. The molecule has 12 nitrogen and oxygen atoms in total. The molecule has 2 aromatic rings. The largest absolute Gasteiger partial charge is 0.508 e. The summed E-state index contributed by atoms with van der Waals surface area (Å²) < 4.78 is 5.31. The van der Waals surface area contributed by atoms with Crippen molar-refractivity contribution in [3.05, 3.63) is 64.7 Å². The van der Waals surface area contributed by atoms with Crippen LogP contribution in [0.5, 0.6) is 5.75 Å². The summed E-state index contributed by atoms with van der Waals surface area (Å²) in [6.07, 6.45) is 5.92. The molecule has 0 aliphatic heterocycles. The van der Waals surface area contributed by atoms with Gasteiger partial charge < -0.3 is 37.3 Å². The van der Waals surface area contributed by atoms with Gasteiger partial charge in [-0.3, -0.25) is 24.0 Å². The van der Waals surface area contributed by atoms with Crippen LogP contribution in [0.2, 0.25) is 0 Å². The first kappa shape index (κ1) is 39.3. The number of phenolic OH excluding ortho intramolecular Hbond substituents is 1. The van der Waals surface area contributed by atoms with Crippen molar-refractivity contribution in [3.8, 4) is 5.75 Å². The first-order chi connectivity index (χ1) is 24.7. The Kier molecular flexibility index (Phi) is 12.4. The topological polar surface area (TPSA) is 203 Å². The van der Waals surface area contributed by atoms with Crippen LogP contribution in [-0.4, -0.2) is 83.9 Å². The molecule has 6 rings (SSSR count). The number of amides is 3. The second kappa shape index (κ2) is 16.4. The number of aromatic hydroxyl groups is 1. The highest BCUT2D eigenvalue weighted by Crippen LogP contribution is 2.64. The van der Waals surface area contributed by atoms with E-state index in [1.165, 1.54) is 18.9 Å². The summed E-state index contributed by atoms with van der Waals surface area (Å²) in [5.74, 6) is -2.02. The number of rotatable bonds is 16. The van der Waals surface area contributed by atoms with Crippen LogP contribution in [0.3, 0.4) is 0 Å². The van der Waals surface area contributed by atoms with E-state index in [0.717, 1.165) is 28.7 Å². The number of ketones is 1. The van der Waals surface area contributed by atoms with Crippen LogP contribution in [0.4, 0.5) is 0 Å². The fourth-order valence-corrected chi connectivity index (χ4v) is 9.96. The third kappa shape index (κ3) is 8.47. The highest BCUT2D eigenvalue weighted by atomic mass is 32.2. The third-order valence-electron chi connectivity index (χ3n) is 11.4. The van der Waals surface area contributed by atoms with E-state index >= 15 is 0 Å². The first-order valence-corrected chi connectivity index (χ1v) is 19.4. The minimum Gasteiger partial charge on any atom is -0.508 e. The SMILES string of the molecule is COC(=O)C12CC3CC(CC(N)(C3)C1C(=O)[C@H](Cc1ccccc1)NC(=O)CNC(=O)[C@@H](CCSC)NC(=O)[C@@H](N)Cc1c(C)cc(O)cc1C)C2. The molecule has 13 heteroatoms. The van der Waals surface area contributed by atoms with E-state index in [0.29, 0.717) is 37.9 Å². The van der Waals surface area contributed by atoms with E-state index in [9.17, 15) is 29.1 Å². The predicted molar refractivity (Wildman–Crippen MR) is 199 cm³/mol. The van der Waals surface area contributed by atoms with Crippen LogP contribution in [0, 0.1) is 37.0 Å². The van der Waals surface area contributed by atoms with Gasteiger partial charge >= 0.3 is 5.97 Å². The molecule has 3 amide bonds. The molecule has 52 heavy (non-hydrogen) atoms. The molecule has 0 spiro atoms. The van der Waals surface area contributed by atoms with Gasteiger partial charge in [0.05, 0.1) is 37.1 Å². The number of nitrogens with one attached hydrogen (secondary N) is 3. The highest BCUT2D eigenvalue weighted by molar-refractivity contribution is 7.98. The van der Waals surface area contributed by atoms with Crippen LogP contribution >= 0.6 is 11.8 Å². The Labute approximate surface area is 309 Å². The molecule has 6 atom stereocenters. The third-order valence-corrected chi connectivity index (χ3v) is 12.0. The summed E-state index contributed by atoms with van der Waals surface area (Å²) in [4.78, 5) is 68.3. The van der Waals surface area contributed by atoms with Gasteiger partial charge in [0.15, 0.2) is 5.78 Å². The number of hydrogen-bond acceptors (Lipinski definition) is 10. The highest BCUT2D eigenvalue weighted by Gasteiger charge is 2.68. The molecule has 0 radical (unpaired) electrons. The smallest absolute Gasteiger partial charge is 0.312 e. The van der Waals surface area contributed by atoms with Gasteiger partial charge in [0, 0.05) is 5.54 Å². The number of nitrogens with two attached hydrogens (primary N) is 2. The number of ether oxygens (including phenoxy) is 1.